The molecule has 162 valence electrons. The molecule has 0 saturated heterocycles. The number of benzene rings is 1. The molecule has 0 saturated carbocycles. The third kappa shape index (κ3) is 6.45. The number of carboxylic acids is 1. The molecule has 0 aliphatic carbocycles. The van der Waals surface area contributed by atoms with E-state index in [0.717, 1.165) is 11.1 Å². The summed E-state index contributed by atoms with van der Waals surface area (Å²) in [6.07, 6.45) is 1.05. The monoisotopic (exact) mass is 452 g/mol. The molecule has 8 nitrogen and oxygen atoms in total. The maximum Gasteiger partial charge on any atom is 0.320 e. The number of hydrogen-bond acceptors (Lipinski definition) is 5. The molecule has 2 aromatic rings. The first-order chi connectivity index (χ1) is 14.1. The first-order valence-corrected chi connectivity index (χ1v) is 10.5. The van der Waals surface area contributed by atoms with Crippen LogP contribution in [-0.4, -0.2) is 35.6 Å². The van der Waals surface area contributed by atoms with E-state index in [4.69, 9.17) is 23.1 Å². The third-order valence-electron chi connectivity index (χ3n) is 4.35. The zero-order chi connectivity index (χ0) is 22.4. The van der Waals surface area contributed by atoms with Gasteiger partial charge in [0.1, 0.15) is 11.0 Å². The van der Waals surface area contributed by atoms with Crippen molar-refractivity contribution in [2.75, 3.05) is 11.9 Å². The van der Waals surface area contributed by atoms with Crippen molar-refractivity contribution in [3.8, 4) is 10.4 Å². The van der Waals surface area contributed by atoms with Gasteiger partial charge in [-0.3, -0.25) is 14.9 Å². The van der Waals surface area contributed by atoms with Gasteiger partial charge < -0.3 is 21.9 Å². The fourth-order valence-corrected chi connectivity index (χ4v) is 4.24. The number of thiophene rings is 1. The zero-order valence-electron chi connectivity index (χ0n) is 16.7. The summed E-state index contributed by atoms with van der Waals surface area (Å²) in [5, 5.41) is 15.6. The number of anilines is 1. The van der Waals surface area contributed by atoms with Crippen LogP contribution in [0, 0.1) is 5.92 Å². The van der Waals surface area contributed by atoms with Crippen molar-refractivity contribution in [2.45, 2.75) is 32.7 Å². The van der Waals surface area contributed by atoms with E-state index in [1.54, 1.807) is 18.2 Å². The van der Waals surface area contributed by atoms with Crippen LogP contribution >= 0.6 is 22.9 Å². The standard InChI is InChI=1S/C20H25ClN4O4S/c1-10(2)7-15(19(27)28)24-6-5-11-8-12(3-4-14(11)21)16-9-13(17(22)26)18(30-16)25-20(23)29/h3-4,8-10,15,24H,5-7H2,1-2H3,(H2,22,26)(H,27,28)(H3,23,25,29). The lowest BCUT2D eigenvalue weighted by Gasteiger charge is -2.16. The van der Waals surface area contributed by atoms with E-state index in [1.165, 1.54) is 11.3 Å². The minimum absolute atomic E-state index is 0.171. The van der Waals surface area contributed by atoms with Crippen LogP contribution in [0.5, 0.6) is 0 Å². The molecular formula is C20H25ClN4O4S. The molecule has 7 N–H and O–H groups in total. The van der Waals surface area contributed by atoms with E-state index in [0.29, 0.717) is 29.3 Å². The van der Waals surface area contributed by atoms with Gasteiger partial charge in [0, 0.05) is 16.4 Å². The van der Waals surface area contributed by atoms with Crippen LogP contribution < -0.4 is 22.1 Å². The maximum absolute atomic E-state index is 11.7. The van der Waals surface area contributed by atoms with E-state index >= 15 is 0 Å². The first-order valence-electron chi connectivity index (χ1n) is 9.33. The lowest BCUT2D eigenvalue weighted by molar-refractivity contribution is -0.139. The van der Waals surface area contributed by atoms with E-state index in [2.05, 4.69) is 10.6 Å². The van der Waals surface area contributed by atoms with E-state index in [-0.39, 0.29) is 16.5 Å². The number of nitrogens with one attached hydrogen (secondary N) is 2. The first kappa shape index (κ1) is 23.7. The Morgan fingerprint density at radius 3 is 2.47 bits per heavy atom. The van der Waals surface area contributed by atoms with Crippen LogP contribution in [0.1, 0.15) is 36.2 Å². The molecule has 1 aromatic heterocycles. The average molecular weight is 453 g/mol. The van der Waals surface area contributed by atoms with Gasteiger partial charge >= 0.3 is 12.0 Å². The molecule has 0 radical (unpaired) electrons. The quantitative estimate of drug-likeness (QED) is 0.375. The molecule has 0 aliphatic heterocycles. The second-order valence-electron chi connectivity index (χ2n) is 7.24. The summed E-state index contributed by atoms with van der Waals surface area (Å²) in [5.41, 5.74) is 12.3. The van der Waals surface area contributed by atoms with Gasteiger partial charge in [-0.1, -0.05) is 31.5 Å². The van der Waals surface area contributed by atoms with Crippen LogP contribution in [0.2, 0.25) is 5.02 Å². The van der Waals surface area contributed by atoms with Gasteiger partial charge in [0.15, 0.2) is 0 Å². The lowest BCUT2D eigenvalue weighted by Crippen LogP contribution is -2.38. The summed E-state index contributed by atoms with van der Waals surface area (Å²) >= 11 is 7.49. The number of primary amides is 2. The number of carbonyl (C=O) groups excluding carboxylic acids is 2. The molecule has 0 spiro atoms. The number of carbonyl (C=O) groups is 3. The highest BCUT2D eigenvalue weighted by atomic mass is 35.5. The number of carboxylic acid groups (broad SMARTS) is 1. The molecule has 2 rings (SSSR count). The predicted molar refractivity (Wildman–Crippen MR) is 119 cm³/mol. The number of rotatable bonds is 10. The molecule has 30 heavy (non-hydrogen) atoms. The summed E-state index contributed by atoms with van der Waals surface area (Å²) in [7, 11) is 0. The van der Waals surface area contributed by atoms with Crippen molar-refractivity contribution in [3.63, 3.8) is 0 Å². The number of nitrogens with two attached hydrogens (primary N) is 2. The van der Waals surface area contributed by atoms with Crippen molar-refractivity contribution in [2.24, 2.45) is 17.4 Å². The van der Waals surface area contributed by atoms with Gasteiger partial charge in [0.25, 0.3) is 5.91 Å². The van der Waals surface area contributed by atoms with Crippen molar-refractivity contribution >= 4 is 45.8 Å². The van der Waals surface area contributed by atoms with Crippen LogP contribution in [0.4, 0.5) is 9.80 Å². The molecule has 1 aromatic carbocycles. The second-order valence-corrected chi connectivity index (χ2v) is 8.70. The molecule has 3 amide bonds. The van der Waals surface area contributed by atoms with Crippen molar-refractivity contribution < 1.29 is 19.5 Å². The Balaban J connectivity index is 2.20. The Hall–Kier alpha value is -2.62. The van der Waals surface area contributed by atoms with Crippen molar-refractivity contribution in [1.82, 2.24) is 5.32 Å². The Kier molecular flexibility index (Phi) is 8.22. The molecule has 0 aliphatic rings. The molecular weight excluding hydrogens is 428 g/mol. The normalized spacial score (nSPS) is 12.0. The second kappa shape index (κ2) is 10.4. The maximum atomic E-state index is 11.7. The summed E-state index contributed by atoms with van der Waals surface area (Å²) < 4.78 is 0. The Morgan fingerprint density at radius 1 is 1.20 bits per heavy atom. The van der Waals surface area contributed by atoms with Crippen LogP contribution in [0.3, 0.4) is 0 Å². The number of halogens is 1. The third-order valence-corrected chi connectivity index (χ3v) is 5.82. The fraction of sp³-hybridized carbons (Fsp3) is 0.350. The largest absolute Gasteiger partial charge is 0.480 e. The minimum Gasteiger partial charge on any atom is -0.480 e. The molecule has 1 unspecified atom stereocenters. The van der Waals surface area contributed by atoms with Gasteiger partial charge in [-0.15, -0.1) is 11.3 Å². The highest BCUT2D eigenvalue weighted by Crippen LogP contribution is 2.36. The lowest BCUT2D eigenvalue weighted by atomic mass is 10.0. The van der Waals surface area contributed by atoms with Gasteiger partial charge in [-0.25, -0.2) is 4.79 Å². The minimum atomic E-state index is -0.879. The zero-order valence-corrected chi connectivity index (χ0v) is 18.3. The summed E-state index contributed by atoms with van der Waals surface area (Å²) in [4.78, 5) is 34.9. The predicted octanol–water partition coefficient (Wildman–Crippen LogP) is 3.29. The smallest absolute Gasteiger partial charge is 0.320 e. The van der Waals surface area contributed by atoms with Crippen LogP contribution in [0.25, 0.3) is 10.4 Å². The van der Waals surface area contributed by atoms with Crippen LogP contribution in [-0.2, 0) is 11.2 Å². The van der Waals surface area contributed by atoms with Gasteiger partial charge in [0.05, 0.1) is 5.56 Å². The van der Waals surface area contributed by atoms with Crippen molar-refractivity contribution in [3.05, 3.63) is 40.4 Å². The van der Waals surface area contributed by atoms with Gasteiger partial charge in [-0.2, -0.15) is 0 Å². The number of hydrogen-bond donors (Lipinski definition) is 5. The molecule has 1 heterocycles. The number of aliphatic carboxylic acids is 1. The summed E-state index contributed by atoms with van der Waals surface area (Å²) in [6, 6.07) is 5.58. The topological polar surface area (TPSA) is 148 Å². The Morgan fingerprint density at radius 2 is 1.90 bits per heavy atom. The molecule has 0 bridgehead atoms. The SMILES string of the molecule is CC(C)CC(NCCc1cc(-c2cc(C(N)=O)c(NC(N)=O)s2)ccc1Cl)C(=O)O. The van der Waals surface area contributed by atoms with E-state index in [9.17, 15) is 19.5 Å². The van der Waals surface area contributed by atoms with Gasteiger partial charge in [0.2, 0.25) is 0 Å². The van der Waals surface area contributed by atoms with Gasteiger partial charge in [-0.05, 0) is 48.1 Å². The van der Waals surface area contributed by atoms with E-state index < -0.39 is 23.9 Å². The van der Waals surface area contributed by atoms with Crippen molar-refractivity contribution in [1.29, 1.82) is 0 Å². The Labute approximate surface area is 183 Å². The van der Waals surface area contributed by atoms with E-state index in [1.807, 2.05) is 19.9 Å². The fourth-order valence-electron chi connectivity index (χ4n) is 2.96. The molecule has 0 fully saturated rings. The summed E-state index contributed by atoms with van der Waals surface area (Å²) in [6.45, 7) is 4.39. The number of amides is 3. The average Bonchev–Trinajstić information content (AvgIpc) is 3.05. The van der Waals surface area contributed by atoms with Crippen LogP contribution in [0.15, 0.2) is 24.3 Å². The summed E-state index contributed by atoms with van der Waals surface area (Å²) in [5.74, 6) is -1.30. The molecule has 10 heteroatoms. The molecule has 1 atom stereocenters. The number of urea groups is 1. The Bertz CT molecular complexity index is 945. The highest BCUT2D eigenvalue weighted by Gasteiger charge is 2.19. The highest BCUT2D eigenvalue weighted by molar-refractivity contribution is 7.20.